The number of pyridine rings is 3. The van der Waals surface area contributed by atoms with E-state index in [-0.39, 0.29) is 237 Å². The van der Waals surface area contributed by atoms with Gasteiger partial charge in [0.05, 0.1) is 26.2 Å². The monoisotopic (exact) mass is 1800 g/mol. The van der Waals surface area contributed by atoms with Crippen LogP contribution >= 0.6 is 134 Å². The van der Waals surface area contributed by atoms with Crippen LogP contribution < -0.4 is 163 Å². The van der Waals surface area contributed by atoms with Gasteiger partial charge in [0, 0.05) is 46.9 Å². The fourth-order valence-corrected chi connectivity index (χ4v) is 110. The van der Waals surface area contributed by atoms with Gasteiger partial charge in [0.2, 0.25) is 11.8 Å². The molecule has 6 heterocycles. The molecule has 42 heteroatoms. The predicted molar refractivity (Wildman–Crippen MR) is 428 cm³/mol. The molecule has 3 aliphatic heterocycles. The second kappa shape index (κ2) is 62.5. The van der Waals surface area contributed by atoms with E-state index < -0.39 is 41.9 Å². The Balaban J connectivity index is -0.000000181. The molecule has 105 heavy (non-hydrogen) atoms. The molecule has 0 aliphatic carbocycles. The molecule has 0 saturated heterocycles. The van der Waals surface area contributed by atoms with Crippen molar-refractivity contribution in [3.05, 3.63) is 77.5 Å². The first kappa shape index (κ1) is 118. The van der Waals surface area contributed by atoms with E-state index in [4.69, 9.17) is 29.4 Å². The molecule has 6 rings (SSSR count). The summed E-state index contributed by atoms with van der Waals surface area (Å²) in [6.07, 6.45) is -0.857. The van der Waals surface area contributed by atoms with Crippen molar-refractivity contribution in [3.63, 3.8) is 0 Å². The number of carboxylic acids is 1. The van der Waals surface area contributed by atoms with Gasteiger partial charge in [-0.05, 0) is 272 Å². The van der Waals surface area contributed by atoms with Crippen LogP contribution in [0.3, 0.4) is 0 Å². The van der Waals surface area contributed by atoms with E-state index in [9.17, 15) is 40.7 Å². The van der Waals surface area contributed by atoms with Crippen molar-refractivity contribution in [2.45, 2.75) is 173 Å². The minimum Gasteiger partial charge on any atom is -1.00 e. The van der Waals surface area contributed by atoms with Crippen LogP contribution in [0.4, 0.5) is 35.9 Å². The Kier molecular flexibility index (Phi) is 70.5. The third-order valence-corrected chi connectivity index (χ3v) is 78.5. The number of alkyl halides is 7. The molecular formula is C63H80Cl3F6K2N6NaO12P12. The number of hydrogen-bond acceptors (Lipinski definition) is 15. The molecule has 0 bridgehead atoms. The standard InChI is InChI=1S/C20H6.C15H20F2N2O3.C14H20N2O3.C10H12F2N2O.C2HClF2O2.CH2O3.CH4.2ClH.2K.Na.H14P12.H/c1-3-5-7-9-11-13-15-17-19-20-18-16-14-12-10-8-6-4-2;1-8-9(2)18-12(21-13(16)17)11-7-19(6-10(8)11)14(20)22-15(3,4)5;1-8-9(2)15-12(17)11-7-16(6-10(8)11)13(18)19-14(3,4)5;1-5-6(2)14-9(15-10(11)12)8-4-13-3-7(5)8;3-2(4,5)1(6)7;2-1-4-3;;;;;;;1-8(2)11(7)12(9(3)4)10(5)6;/h1-2H3;13H,6-7H2,1-5H3;6-7H2,1-5H3,(H,15,17);10,13H,3-4H2,1-2H3;(H,6,7);1,3H;1H4;2*1H;;;;1-7H2;/q;;;;;;;;;3*+1;;-1/p-2. The Morgan fingerprint density at radius 1 is 0.581 bits per heavy atom. The molecular weight excluding hydrogens is 1730 g/mol. The number of nitrogens with one attached hydrogen (secondary N) is 2. The second-order valence-electron chi connectivity index (χ2n) is 21.1. The number of H-pyrrole nitrogens is 1. The SMILES string of the molecule is C.CC#CC#CC#CC#CC#CC#CC#CC#CC#CC.Cc1[nH]c(=O)c2c(c1C)CN(C(=O)OC(C)(C)C)C2.Cc1nc(OC(F)F)c2c(c1C)CN(C(=O)OC(C)(C)C)C2.Cc1nc(OC(F)F)c2c(c1C)CNC2.Cl.Cl.O=C([O-])C(F)(F)Cl.O=CO[O-].PP(P)P(P)P(P(P)P)P(P)P.[H-].[K+].[K+].[Na+]. The molecule has 3 aliphatic rings. The normalized spacial score (nSPS) is 11.1. The predicted octanol–water partition coefficient (Wildman–Crippen LogP) is 5.95. The van der Waals surface area contributed by atoms with Crippen molar-refractivity contribution in [2.24, 2.45) is 0 Å². The van der Waals surface area contributed by atoms with Crippen molar-refractivity contribution < 1.29 is 213 Å². The number of fused-ring (bicyclic) bond motifs is 3. The van der Waals surface area contributed by atoms with Crippen LogP contribution in [0.5, 0.6) is 11.8 Å². The minimum absolute atomic E-state index is 0. The summed E-state index contributed by atoms with van der Waals surface area (Å²) in [5, 5.41) is 16.3. The van der Waals surface area contributed by atoms with Gasteiger partial charge in [0.1, 0.15) is 17.2 Å². The number of nitrogens with zero attached hydrogens (tertiary/aromatic N) is 4. The van der Waals surface area contributed by atoms with E-state index in [0.717, 1.165) is 50.3 Å². The molecule has 0 saturated carbocycles. The molecule has 8 unspecified atom stereocenters. The molecule has 3 aromatic heterocycles. The number of carbonyl (C=O) groups is 4. The van der Waals surface area contributed by atoms with Crippen LogP contribution in [0.25, 0.3) is 0 Å². The van der Waals surface area contributed by atoms with E-state index in [0.29, 0.717) is 49.5 Å². The first-order valence-electron chi connectivity index (χ1n) is 27.8. The Bertz CT molecular complexity index is 3960. The summed E-state index contributed by atoms with van der Waals surface area (Å²) in [4.78, 5) is 70.3. The van der Waals surface area contributed by atoms with Crippen molar-refractivity contribution in [2.75, 3.05) is 0 Å². The van der Waals surface area contributed by atoms with Gasteiger partial charge in [0.15, 0.2) is 0 Å². The van der Waals surface area contributed by atoms with E-state index in [1.165, 1.54) is 4.90 Å². The van der Waals surface area contributed by atoms with Crippen LogP contribution in [-0.2, 0) is 63.2 Å². The van der Waals surface area contributed by atoms with Gasteiger partial charge in [0.25, 0.3) is 12.0 Å². The summed E-state index contributed by atoms with van der Waals surface area (Å²) in [5.41, 5.74) is 8.69. The second-order valence-corrected chi connectivity index (χ2v) is 66.5. The Hall–Kier alpha value is 0.173. The minimum atomic E-state index is -4.22. The molecule has 8 atom stereocenters. The fourth-order valence-electron chi connectivity index (χ4n) is 7.31. The number of ether oxygens (including phenoxy) is 4. The van der Waals surface area contributed by atoms with Gasteiger partial charge >= 0.3 is 163 Å². The number of aromatic amines is 1. The Morgan fingerprint density at radius 3 is 1.16 bits per heavy atom. The topological polar surface area (TPSA) is 238 Å². The van der Waals surface area contributed by atoms with Crippen LogP contribution in [-0.4, -0.2) is 79.2 Å². The molecule has 3 aromatic rings. The average Bonchev–Trinajstić information content (AvgIpc) is 1.64. The van der Waals surface area contributed by atoms with Crippen molar-refractivity contribution >= 4 is 158 Å². The Labute approximate surface area is 761 Å². The number of rotatable bonds is 10. The first-order chi connectivity index (χ1) is 46.0. The molecule has 0 aromatic carbocycles. The zero-order chi connectivity index (χ0) is 76.1. The first-order valence-corrected chi connectivity index (χ1v) is 49.1. The van der Waals surface area contributed by atoms with Crippen LogP contribution in [0.1, 0.15) is 131 Å². The molecule has 560 valence electrons. The third kappa shape index (κ3) is 49.5. The number of aryl methyl sites for hydroxylation is 3. The van der Waals surface area contributed by atoms with Crippen molar-refractivity contribution in [1.29, 1.82) is 0 Å². The van der Waals surface area contributed by atoms with E-state index in [1.807, 2.05) is 48.5 Å². The summed E-state index contributed by atoms with van der Waals surface area (Å²) in [5.74, 6) is 43.0. The maximum atomic E-state index is 12.5. The summed E-state index contributed by atoms with van der Waals surface area (Å²) in [6.45, 7) is 22.6. The fraction of sp³-hybridized carbons (Fsp3) is 0.413. The summed E-state index contributed by atoms with van der Waals surface area (Å²) >= 11 is 3.87. The summed E-state index contributed by atoms with van der Waals surface area (Å²) in [7, 11) is 21.0. The van der Waals surface area contributed by atoms with Crippen LogP contribution in [0.2, 0.25) is 0 Å². The number of hydrogen-bond donors (Lipinski definition) is 2. The van der Waals surface area contributed by atoms with Gasteiger partial charge in [-0.15, -0.1) is 87.3 Å². The van der Waals surface area contributed by atoms with Crippen LogP contribution in [0.15, 0.2) is 4.79 Å². The van der Waals surface area contributed by atoms with Gasteiger partial charge in [-0.25, -0.2) is 19.6 Å². The number of halogens is 9. The van der Waals surface area contributed by atoms with Gasteiger partial charge in [-0.3, -0.25) is 19.4 Å². The van der Waals surface area contributed by atoms with Crippen LogP contribution in [0, 0.1) is 148 Å². The molecule has 2 amide bonds. The molecule has 18 nitrogen and oxygen atoms in total. The molecule has 0 fully saturated rings. The van der Waals surface area contributed by atoms with Gasteiger partial charge in [-0.1, -0.05) is 19.3 Å². The van der Waals surface area contributed by atoms with E-state index in [2.05, 4.69) is 215 Å². The molecule has 0 spiro atoms. The van der Waals surface area contributed by atoms with Crippen molar-refractivity contribution in [3.8, 4) is 118 Å². The smallest absolute Gasteiger partial charge is 1.00 e. The largest absolute Gasteiger partial charge is 1.00 e. The maximum Gasteiger partial charge on any atom is 1.00 e. The van der Waals surface area contributed by atoms with Gasteiger partial charge < -0.3 is 50.7 Å². The maximum absolute atomic E-state index is 12.5. The Morgan fingerprint density at radius 2 is 0.876 bits per heavy atom. The summed E-state index contributed by atoms with van der Waals surface area (Å²) in [6, 6.07) is 0. The number of carbonyl (C=O) groups excluding carboxylic acids is 4. The van der Waals surface area contributed by atoms with Crippen molar-refractivity contribution in [1.82, 2.24) is 30.1 Å². The number of aliphatic carboxylic acids is 1. The summed E-state index contributed by atoms with van der Waals surface area (Å²) < 4.78 is 90.8. The van der Waals surface area contributed by atoms with Gasteiger partial charge in [-0.2, -0.15) is 26.3 Å². The number of aromatic nitrogens is 3. The molecule has 0 radical (unpaired) electrons. The number of carboxylic acid groups (broad SMARTS) is 1. The molecule has 2 N–H and O–H groups in total. The number of amides is 2. The third-order valence-electron chi connectivity index (χ3n) is 11.7. The zero-order valence-electron chi connectivity index (χ0n) is 60.9. The zero-order valence-corrected chi connectivity index (χ0v) is 83.1. The average molecular weight is 1810 g/mol. The van der Waals surface area contributed by atoms with E-state index >= 15 is 0 Å². The van der Waals surface area contributed by atoms with E-state index in [1.54, 1.807) is 53.4 Å². The quantitative estimate of drug-likeness (QED) is 0.0349.